The lowest BCUT2D eigenvalue weighted by Crippen LogP contribution is -2.08. The van der Waals surface area contributed by atoms with Crippen molar-refractivity contribution in [1.82, 2.24) is 14.8 Å². The zero-order valence-electron chi connectivity index (χ0n) is 10.2. The van der Waals surface area contributed by atoms with Crippen LogP contribution in [-0.2, 0) is 23.6 Å². The summed E-state index contributed by atoms with van der Waals surface area (Å²) >= 11 is 5.83. The number of aromatic nitrogens is 3. The standard InChI is InChI=1S/C12H14ClN3OS/c1-9(10-3-5-11(13)6-4-10)18(17)7-12-15-14-8-16(12)2/h3-6,8-9H,7H2,1-2H3/t9-,18+/m0/s1. The molecule has 18 heavy (non-hydrogen) atoms. The third-order valence-electron chi connectivity index (χ3n) is 2.81. The molecule has 0 saturated heterocycles. The second kappa shape index (κ2) is 5.63. The predicted octanol–water partition coefficient (Wildman–Crippen LogP) is 2.48. The highest BCUT2D eigenvalue weighted by Crippen LogP contribution is 2.22. The van der Waals surface area contributed by atoms with Gasteiger partial charge in [0, 0.05) is 22.9 Å². The Kier molecular flexibility index (Phi) is 4.14. The third kappa shape index (κ3) is 2.97. The van der Waals surface area contributed by atoms with Gasteiger partial charge in [-0.15, -0.1) is 10.2 Å². The van der Waals surface area contributed by atoms with Gasteiger partial charge in [-0.1, -0.05) is 23.7 Å². The zero-order valence-corrected chi connectivity index (χ0v) is 11.8. The van der Waals surface area contributed by atoms with Crippen LogP contribution in [0.15, 0.2) is 30.6 Å². The summed E-state index contributed by atoms with van der Waals surface area (Å²) in [6.45, 7) is 1.94. The maximum atomic E-state index is 12.2. The van der Waals surface area contributed by atoms with Crippen LogP contribution < -0.4 is 0 Å². The van der Waals surface area contributed by atoms with Crippen LogP contribution >= 0.6 is 11.6 Å². The molecule has 4 nitrogen and oxygen atoms in total. The SMILES string of the molecule is C[C@@H](c1ccc(Cl)cc1)[S@](=O)Cc1nncn1C. The van der Waals surface area contributed by atoms with Gasteiger partial charge in [0.1, 0.15) is 12.2 Å². The number of hydrogen-bond acceptors (Lipinski definition) is 3. The summed E-state index contributed by atoms with van der Waals surface area (Å²) in [5.74, 6) is 1.13. The summed E-state index contributed by atoms with van der Waals surface area (Å²) in [6, 6.07) is 7.43. The Morgan fingerprint density at radius 3 is 2.61 bits per heavy atom. The minimum absolute atomic E-state index is 0.0565. The summed E-state index contributed by atoms with van der Waals surface area (Å²) < 4.78 is 14.0. The summed E-state index contributed by atoms with van der Waals surface area (Å²) in [7, 11) is 0.818. The van der Waals surface area contributed by atoms with Gasteiger partial charge in [-0.2, -0.15) is 0 Å². The zero-order chi connectivity index (χ0) is 13.1. The van der Waals surface area contributed by atoms with Crippen molar-refractivity contribution >= 4 is 22.4 Å². The van der Waals surface area contributed by atoms with Gasteiger partial charge in [-0.25, -0.2) is 0 Å². The minimum Gasteiger partial charge on any atom is -0.320 e. The largest absolute Gasteiger partial charge is 0.320 e. The summed E-state index contributed by atoms with van der Waals surface area (Å²) in [6.07, 6.45) is 1.61. The molecule has 2 atom stereocenters. The Morgan fingerprint density at radius 1 is 1.39 bits per heavy atom. The fourth-order valence-corrected chi connectivity index (χ4v) is 2.93. The Bertz CT molecular complexity index is 553. The van der Waals surface area contributed by atoms with Crippen LogP contribution in [0.1, 0.15) is 23.6 Å². The molecule has 2 aromatic rings. The maximum absolute atomic E-state index is 12.2. The molecule has 1 aromatic heterocycles. The molecule has 0 fully saturated rings. The van der Waals surface area contributed by atoms with Crippen LogP contribution in [0.5, 0.6) is 0 Å². The van der Waals surface area contributed by atoms with Crippen LogP contribution in [0.25, 0.3) is 0 Å². The van der Waals surface area contributed by atoms with E-state index in [0.29, 0.717) is 10.8 Å². The molecule has 0 bridgehead atoms. The van der Waals surface area contributed by atoms with Gasteiger partial charge < -0.3 is 4.57 Å². The maximum Gasteiger partial charge on any atom is 0.145 e. The fourth-order valence-electron chi connectivity index (χ4n) is 1.58. The van der Waals surface area contributed by atoms with Crippen LogP contribution in [0.3, 0.4) is 0 Å². The van der Waals surface area contributed by atoms with E-state index in [0.717, 1.165) is 11.4 Å². The quantitative estimate of drug-likeness (QED) is 0.866. The number of aryl methyl sites for hydroxylation is 1. The number of rotatable bonds is 4. The number of benzene rings is 1. The topological polar surface area (TPSA) is 47.8 Å². The third-order valence-corrected chi connectivity index (χ3v) is 4.67. The van der Waals surface area contributed by atoms with Gasteiger partial charge in [0.15, 0.2) is 0 Å². The summed E-state index contributed by atoms with van der Waals surface area (Å²) in [5, 5.41) is 8.35. The van der Waals surface area contributed by atoms with Crippen LogP contribution in [-0.4, -0.2) is 19.0 Å². The molecule has 0 spiro atoms. The average molecular weight is 284 g/mol. The highest BCUT2D eigenvalue weighted by Gasteiger charge is 2.16. The second-order valence-corrected chi connectivity index (χ2v) is 6.27. The lowest BCUT2D eigenvalue weighted by atomic mass is 10.2. The Labute approximate surface area is 113 Å². The molecule has 1 heterocycles. The second-order valence-electron chi connectivity index (χ2n) is 4.08. The molecule has 0 radical (unpaired) electrons. The molecule has 6 heteroatoms. The molecule has 1 aromatic carbocycles. The van der Waals surface area contributed by atoms with Gasteiger partial charge >= 0.3 is 0 Å². The van der Waals surface area contributed by atoms with Crippen molar-refractivity contribution < 1.29 is 4.21 Å². The van der Waals surface area contributed by atoms with E-state index in [2.05, 4.69) is 10.2 Å². The smallest absolute Gasteiger partial charge is 0.145 e. The predicted molar refractivity (Wildman–Crippen MR) is 72.7 cm³/mol. The molecule has 2 rings (SSSR count). The fraction of sp³-hybridized carbons (Fsp3) is 0.333. The molecule has 0 unspecified atom stereocenters. The highest BCUT2D eigenvalue weighted by atomic mass is 35.5. The monoisotopic (exact) mass is 283 g/mol. The molecule has 0 aliphatic rings. The van der Waals surface area contributed by atoms with Crippen molar-refractivity contribution in [2.75, 3.05) is 0 Å². The minimum atomic E-state index is -1.03. The van der Waals surface area contributed by atoms with Gasteiger partial charge in [-0.05, 0) is 24.6 Å². The first-order valence-electron chi connectivity index (χ1n) is 5.53. The van der Waals surface area contributed by atoms with E-state index in [9.17, 15) is 4.21 Å². The lowest BCUT2D eigenvalue weighted by Gasteiger charge is -2.11. The molecular formula is C12H14ClN3OS. The highest BCUT2D eigenvalue weighted by molar-refractivity contribution is 7.84. The molecule has 0 saturated carbocycles. The van der Waals surface area contributed by atoms with E-state index in [1.807, 2.05) is 38.2 Å². The van der Waals surface area contributed by atoms with E-state index in [-0.39, 0.29) is 5.25 Å². The van der Waals surface area contributed by atoms with Gasteiger partial charge in [-0.3, -0.25) is 4.21 Å². The van der Waals surface area contributed by atoms with Crippen molar-refractivity contribution in [2.24, 2.45) is 7.05 Å². The first kappa shape index (κ1) is 13.2. The lowest BCUT2D eigenvalue weighted by molar-refractivity contribution is 0.672. The first-order valence-corrected chi connectivity index (χ1v) is 7.29. The molecule has 96 valence electrons. The Balaban J connectivity index is 2.09. The molecule has 0 amide bonds. The molecule has 0 aliphatic carbocycles. The van der Waals surface area contributed by atoms with E-state index in [4.69, 9.17) is 11.6 Å². The molecular weight excluding hydrogens is 270 g/mol. The van der Waals surface area contributed by atoms with Crippen molar-refractivity contribution in [1.29, 1.82) is 0 Å². The van der Waals surface area contributed by atoms with Crippen LogP contribution in [0.4, 0.5) is 0 Å². The van der Waals surface area contributed by atoms with E-state index in [1.54, 1.807) is 10.9 Å². The van der Waals surface area contributed by atoms with E-state index >= 15 is 0 Å². The van der Waals surface area contributed by atoms with Crippen LogP contribution in [0.2, 0.25) is 5.02 Å². The van der Waals surface area contributed by atoms with Crippen LogP contribution in [0, 0.1) is 0 Å². The van der Waals surface area contributed by atoms with E-state index < -0.39 is 10.8 Å². The van der Waals surface area contributed by atoms with Gasteiger partial charge in [0.25, 0.3) is 0 Å². The average Bonchev–Trinajstić information content (AvgIpc) is 2.75. The van der Waals surface area contributed by atoms with Crippen molar-refractivity contribution in [2.45, 2.75) is 17.9 Å². The molecule has 0 aliphatic heterocycles. The van der Waals surface area contributed by atoms with Gasteiger partial charge in [0.05, 0.1) is 11.0 Å². The van der Waals surface area contributed by atoms with Crippen molar-refractivity contribution in [3.63, 3.8) is 0 Å². The van der Waals surface area contributed by atoms with E-state index in [1.165, 1.54) is 0 Å². The number of nitrogens with zero attached hydrogens (tertiary/aromatic N) is 3. The molecule has 0 N–H and O–H groups in total. The Hall–Kier alpha value is -1.20. The first-order chi connectivity index (χ1) is 8.58. The number of halogens is 1. The Morgan fingerprint density at radius 2 is 2.06 bits per heavy atom. The number of hydrogen-bond donors (Lipinski definition) is 0. The normalized spacial score (nSPS) is 14.4. The summed E-state index contributed by atoms with van der Waals surface area (Å²) in [5.41, 5.74) is 1.01. The van der Waals surface area contributed by atoms with Gasteiger partial charge in [0.2, 0.25) is 0 Å². The van der Waals surface area contributed by atoms with Crippen molar-refractivity contribution in [3.05, 3.63) is 47.0 Å². The van der Waals surface area contributed by atoms with Crippen molar-refractivity contribution in [3.8, 4) is 0 Å². The summed E-state index contributed by atoms with van der Waals surface area (Å²) in [4.78, 5) is 0.